The van der Waals surface area contributed by atoms with Gasteiger partial charge in [0.05, 0.1) is 13.2 Å². The highest BCUT2D eigenvalue weighted by molar-refractivity contribution is 7.47. The minimum absolute atomic E-state index is 0.0752. The minimum atomic E-state index is -4.43. The Morgan fingerprint density at radius 1 is 0.542 bits per heavy atom. The van der Waals surface area contributed by atoms with Crippen LogP contribution in [0.15, 0.2) is 60.8 Å². The number of phosphoric ester groups is 1. The van der Waals surface area contributed by atoms with Gasteiger partial charge in [-0.15, -0.1) is 0 Å². The second-order valence-electron chi connectivity index (χ2n) is 15.7. The van der Waals surface area contributed by atoms with Gasteiger partial charge in [0.1, 0.15) is 12.7 Å². The Bertz CT molecular complexity index is 1150. The Kier molecular flexibility index (Phi) is 43.5. The molecule has 0 saturated carbocycles. The maximum Gasteiger partial charge on any atom is 0.472 e. The summed E-state index contributed by atoms with van der Waals surface area (Å²) in [4.78, 5) is 34.0. The Morgan fingerprint density at radius 2 is 0.966 bits per heavy atom. The molecule has 0 aromatic carbocycles. The van der Waals surface area contributed by atoms with Crippen LogP contribution in [0, 0.1) is 0 Å². The number of unbranched alkanes of at least 4 members (excludes halogenated alkanes) is 21. The third kappa shape index (κ3) is 46.6. The largest absolute Gasteiger partial charge is 0.472 e. The number of amides is 1. The van der Waals surface area contributed by atoms with E-state index in [-0.39, 0.29) is 32.1 Å². The average Bonchev–Trinajstić information content (AvgIpc) is 3.22. The first kappa shape index (κ1) is 56.7. The van der Waals surface area contributed by atoms with E-state index >= 15 is 0 Å². The second kappa shape index (κ2) is 45.2. The molecule has 0 fully saturated rings. The average molecular weight is 850 g/mol. The quantitative estimate of drug-likeness (QED) is 0.0239. The van der Waals surface area contributed by atoms with Gasteiger partial charge in [-0.2, -0.15) is 0 Å². The fourth-order valence-electron chi connectivity index (χ4n) is 6.42. The van der Waals surface area contributed by atoms with Crippen molar-refractivity contribution in [3.8, 4) is 0 Å². The molecule has 342 valence electrons. The van der Waals surface area contributed by atoms with Crippen molar-refractivity contribution >= 4 is 19.7 Å². The summed E-state index contributed by atoms with van der Waals surface area (Å²) in [6.07, 6.45) is 54.5. The minimum Gasteiger partial charge on any atom is -0.463 e. The number of rotatable bonds is 44. The van der Waals surface area contributed by atoms with Crippen LogP contribution in [-0.2, 0) is 27.9 Å². The maximum atomic E-state index is 12.1. The van der Waals surface area contributed by atoms with E-state index in [1.54, 1.807) is 0 Å². The van der Waals surface area contributed by atoms with Crippen molar-refractivity contribution in [3.63, 3.8) is 0 Å². The summed E-state index contributed by atoms with van der Waals surface area (Å²) in [5, 5.41) is 12.7. The Hall–Kier alpha value is -2.29. The monoisotopic (exact) mass is 850 g/mol. The first-order chi connectivity index (χ1) is 28.8. The van der Waals surface area contributed by atoms with Gasteiger partial charge in [0.15, 0.2) is 0 Å². The van der Waals surface area contributed by atoms with Gasteiger partial charge in [0.25, 0.3) is 0 Å². The number of esters is 1. The molecule has 2 unspecified atom stereocenters. The lowest BCUT2D eigenvalue weighted by Crippen LogP contribution is -2.27. The molecule has 3 N–H and O–H groups in total. The van der Waals surface area contributed by atoms with Gasteiger partial charge in [-0.05, 0) is 51.4 Å². The number of hydrogen-bond donors (Lipinski definition) is 3. The summed E-state index contributed by atoms with van der Waals surface area (Å²) in [7, 11) is -4.43. The van der Waals surface area contributed by atoms with Crippen LogP contribution >= 0.6 is 7.82 Å². The van der Waals surface area contributed by atoms with Crippen LogP contribution in [0.1, 0.15) is 206 Å². The molecule has 0 radical (unpaired) electrons. The zero-order chi connectivity index (χ0) is 43.2. The summed E-state index contributed by atoms with van der Waals surface area (Å²) in [5.74, 6) is -0.573. The van der Waals surface area contributed by atoms with Crippen molar-refractivity contribution in [2.24, 2.45) is 0 Å². The normalized spacial score (nSPS) is 13.8. The molecule has 59 heavy (non-hydrogen) atoms. The zero-order valence-corrected chi connectivity index (χ0v) is 38.6. The van der Waals surface area contributed by atoms with E-state index in [4.69, 9.17) is 13.8 Å². The molecule has 0 heterocycles. The standard InChI is InChI=1S/C49H88NO8P/c1-3-5-7-9-11-13-15-17-19-21-22-23-24-26-27-29-31-33-35-37-39-41-48(52)50-43-44-57-59(54,55)58-46-47(51)45-56-49(53)42-40-38-36-34-32-30-28-25-20-18-16-14-12-10-8-6-4-2/h6,8,12,14,18,20,28,30,34,36,47,51H,3-5,7,9-11,13,15-17,19,21-27,29,31-33,35,37-46H2,1-2H3,(H,50,52)(H,54,55)/b8-6-,14-12-,20-18-,30-28-,36-34-. The molecule has 2 atom stereocenters. The molecule has 0 aliphatic heterocycles. The number of aliphatic hydroxyl groups excluding tert-OH is 1. The first-order valence-electron chi connectivity index (χ1n) is 23.8. The fourth-order valence-corrected chi connectivity index (χ4v) is 7.17. The van der Waals surface area contributed by atoms with Crippen LogP contribution in [0.2, 0.25) is 0 Å². The Balaban J connectivity index is 3.62. The van der Waals surface area contributed by atoms with E-state index in [0.717, 1.165) is 57.8 Å². The molecular weight excluding hydrogens is 762 g/mol. The van der Waals surface area contributed by atoms with Gasteiger partial charge in [-0.25, -0.2) is 4.57 Å². The molecule has 0 spiro atoms. The number of aliphatic hydroxyl groups is 1. The molecule has 0 rings (SSSR count). The van der Waals surface area contributed by atoms with E-state index in [1.165, 1.54) is 116 Å². The number of carbonyl (C=O) groups excluding carboxylic acids is 2. The van der Waals surface area contributed by atoms with Crippen molar-refractivity contribution in [1.82, 2.24) is 5.32 Å². The molecule has 0 saturated heterocycles. The summed E-state index contributed by atoms with van der Waals surface area (Å²) in [6, 6.07) is 0. The third-order valence-corrected chi connectivity index (χ3v) is 10.9. The van der Waals surface area contributed by atoms with Crippen LogP contribution in [0.25, 0.3) is 0 Å². The highest BCUT2D eigenvalue weighted by atomic mass is 31.2. The van der Waals surface area contributed by atoms with Gasteiger partial charge in [-0.3, -0.25) is 18.6 Å². The Morgan fingerprint density at radius 3 is 1.42 bits per heavy atom. The van der Waals surface area contributed by atoms with Crippen molar-refractivity contribution in [2.45, 2.75) is 213 Å². The second-order valence-corrected chi connectivity index (χ2v) is 17.2. The van der Waals surface area contributed by atoms with Crippen LogP contribution in [0.5, 0.6) is 0 Å². The van der Waals surface area contributed by atoms with Gasteiger partial charge < -0.3 is 20.1 Å². The van der Waals surface area contributed by atoms with Crippen LogP contribution in [-0.4, -0.2) is 54.3 Å². The highest BCUT2D eigenvalue weighted by Crippen LogP contribution is 2.42. The van der Waals surface area contributed by atoms with E-state index < -0.39 is 26.5 Å². The van der Waals surface area contributed by atoms with E-state index in [2.05, 4.69) is 73.8 Å². The molecule has 0 aromatic rings. The van der Waals surface area contributed by atoms with E-state index in [0.29, 0.717) is 12.8 Å². The molecule has 0 bridgehead atoms. The SMILES string of the molecule is CC/C=C\C/C=C\C/C=C\C/C=C\C/C=C\CCCC(=O)OCC(O)COP(=O)(O)OCCNC(=O)CCCCCCCCCCCCCCCCCCCCCCC. The van der Waals surface area contributed by atoms with Crippen LogP contribution in [0.3, 0.4) is 0 Å². The molecule has 9 nitrogen and oxygen atoms in total. The summed E-state index contributed by atoms with van der Waals surface area (Å²) >= 11 is 0. The predicted octanol–water partition coefficient (Wildman–Crippen LogP) is 13.7. The van der Waals surface area contributed by atoms with Gasteiger partial charge in [-0.1, -0.05) is 203 Å². The Labute approximate surface area is 361 Å². The molecule has 0 aromatic heterocycles. The summed E-state index contributed by atoms with van der Waals surface area (Å²) < 4.78 is 26.9. The molecule has 0 aliphatic carbocycles. The molecule has 10 heteroatoms. The highest BCUT2D eigenvalue weighted by Gasteiger charge is 2.23. The van der Waals surface area contributed by atoms with Crippen molar-refractivity contribution < 1.29 is 37.9 Å². The van der Waals surface area contributed by atoms with Crippen LogP contribution in [0.4, 0.5) is 0 Å². The molecule has 1 amide bonds. The smallest absolute Gasteiger partial charge is 0.463 e. The number of hydrogen-bond acceptors (Lipinski definition) is 7. The molecule has 0 aliphatic rings. The zero-order valence-electron chi connectivity index (χ0n) is 37.7. The third-order valence-electron chi connectivity index (χ3n) is 9.96. The predicted molar refractivity (Wildman–Crippen MR) is 247 cm³/mol. The number of allylic oxidation sites excluding steroid dienone is 10. The fraction of sp³-hybridized carbons (Fsp3) is 0.755. The van der Waals surface area contributed by atoms with Gasteiger partial charge in [0, 0.05) is 19.4 Å². The summed E-state index contributed by atoms with van der Waals surface area (Å²) in [6.45, 7) is 3.39. The van der Waals surface area contributed by atoms with Crippen LogP contribution < -0.4 is 5.32 Å². The lowest BCUT2D eigenvalue weighted by atomic mass is 10.0. The summed E-state index contributed by atoms with van der Waals surface area (Å²) in [5.41, 5.74) is 0. The number of phosphoric acid groups is 1. The lowest BCUT2D eigenvalue weighted by Gasteiger charge is -2.15. The number of ether oxygens (including phenoxy) is 1. The van der Waals surface area contributed by atoms with Gasteiger partial charge in [0.2, 0.25) is 5.91 Å². The lowest BCUT2D eigenvalue weighted by molar-refractivity contribution is -0.147. The topological polar surface area (TPSA) is 131 Å². The van der Waals surface area contributed by atoms with Crippen molar-refractivity contribution in [3.05, 3.63) is 60.8 Å². The first-order valence-corrected chi connectivity index (χ1v) is 25.3. The van der Waals surface area contributed by atoms with Crippen molar-refractivity contribution in [1.29, 1.82) is 0 Å². The van der Waals surface area contributed by atoms with E-state index in [1.807, 2.05) is 6.08 Å². The maximum absolute atomic E-state index is 12.1. The molecular formula is C49H88NO8P. The number of nitrogens with one attached hydrogen (secondary N) is 1. The number of carbonyl (C=O) groups is 2. The van der Waals surface area contributed by atoms with Crippen molar-refractivity contribution in [2.75, 3.05) is 26.4 Å². The van der Waals surface area contributed by atoms with Gasteiger partial charge >= 0.3 is 13.8 Å². The van der Waals surface area contributed by atoms with E-state index in [9.17, 15) is 24.2 Å².